The van der Waals surface area contributed by atoms with Gasteiger partial charge in [-0.1, -0.05) is 12.1 Å². The van der Waals surface area contributed by atoms with Gasteiger partial charge in [0.25, 0.3) is 5.56 Å². The lowest BCUT2D eigenvalue weighted by atomic mass is 10.1. The molecule has 1 heterocycles. The van der Waals surface area contributed by atoms with Crippen LogP contribution in [0.2, 0.25) is 0 Å². The number of hydrogen-bond donors (Lipinski definition) is 0. The Morgan fingerprint density at radius 3 is 2.07 bits per heavy atom. The second kappa shape index (κ2) is 7.33. The van der Waals surface area contributed by atoms with Gasteiger partial charge in [0.2, 0.25) is 5.69 Å². The molecule has 0 fully saturated rings. The molecule has 30 heavy (non-hydrogen) atoms. The van der Waals surface area contributed by atoms with Gasteiger partial charge in [-0.15, -0.1) is 0 Å². The second-order valence-corrected chi connectivity index (χ2v) is 6.42. The van der Waals surface area contributed by atoms with Crippen LogP contribution in [-0.4, -0.2) is 19.0 Å². The van der Waals surface area contributed by atoms with Crippen LogP contribution in [0.5, 0.6) is 0 Å². The fourth-order valence-corrected chi connectivity index (χ4v) is 3.48. The van der Waals surface area contributed by atoms with Crippen molar-refractivity contribution < 1.29 is 23.0 Å². The van der Waals surface area contributed by atoms with E-state index in [2.05, 4.69) is 0 Å². The van der Waals surface area contributed by atoms with E-state index in [9.17, 15) is 38.2 Å². The smallest absolute Gasteiger partial charge is 0.285 e. The molecule has 0 aliphatic rings. The van der Waals surface area contributed by atoms with Crippen molar-refractivity contribution in [3.63, 3.8) is 0 Å². The number of benzene rings is 2. The third-order valence-electron chi connectivity index (χ3n) is 4.37. The third kappa shape index (κ3) is 3.32. The first kappa shape index (κ1) is 21.1. The standard InChI is InChI=1S/C17H11F3N4O5S/c1-2-21-15(25)10-5-3-4-6-11(10)22(16(21)30)14-12(23(26)27)7-9(17(18,19)20)8-13(14)24(28)29/h3-8H,2H2,1H3. The molecule has 0 aliphatic carbocycles. The normalized spacial score (nSPS) is 11.6. The van der Waals surface area contributed by atoms with E-state index in [0.29, 0.717) is 0 Å². The molecule has 0 aliphatic heterocycles. The third-order valence-corrected chi connectivity index (χ3v) is 4.78. The molecular formula is C17H11F3N4O5S. The fraction of sp³-hybridized carbons (Fsp3) is 0.176. The Morgan fingerprint density at radius 2 is 1.60 bits per heavy atom. The molecule has 0 spiro atoms. The average Bonchev–Trinajstić information content (AvgIpc) is 2.67. The van der Waals surface area contributed by atoms with E-state index in [1.165, 1.54) is 24.3 Å². The lowest BCUT2D eigenvalue weighted by molar-refractivity contribution is -0.394. The van der Waals surface area contributed by atoms with Crippen LogP contribution in [0.1, 0.15) is 12.5 Å². The maximum absolute atomic E-state index is 13.2. The van der Waals surface area contributed by atoms with Gasteiger partial charge in [0, 0.05) is 18.7 Å². The van der Waals surface area contributed by atoms with Crippen LogP contribution in [0.25, 0.3) is 16.6 Å². The van der Waals surface area contributed by atoms with E-state index in [-0.39, 0.29) is 34.4 Å². The minimum absolute atomic E-state index is 0.0110. The van der Waals surface area contributed by atoms with Crippen LogP contribution in [0.15, 0.2) is 41.2 Å². The number of hydrogen-bond acceptors (Lipinski definition) is 6. The van der Waals surface area contributed by atoms with E-state index in [1.54, 1.807) is 6.92 Å². The van der Waals surface area contributed by atoms with Crippen LogP contribution in [-0.2, 0) is 12.7 Å². The van der Waals surface area contributed by atoms with Gasteiger partial charge in [-0.05, 0) is 31.3 Å². The van der Waals surface area contributed by atoms with Crippen molar-refractivity contribution in [1.82, 2.24) is 9.13 Å². The van der Waals surface area contributed by atoms with Crippen molar-refractivity contribution in [3.05, 3.63) is 77.3 Å². The molecule has 3 rings (SSSR count). The van der Waals surface area contributed by atoms with Crippen LogP contribution >= 0.6 is 12.2 Å². The summed E-state index contributed by atoms with van der Waals surface area (Å²) in [6.07, 6.45) is -5.06. The summed E-state index contributed by atoms with van der Waals surface area (Å²) in [7, 11) is 0. The number of halogens is 3. The van der Waals surface area contributed by atoms with E-state index >= 15 is 0 Å². The summed E-state index contributed by atoms with van der Waals surface area (Å²) in [5, 5.41) is 23.3. The van der Waals surface area contributed by atoms with Gasteiger partial charge in [-0.2, -0.15) is 13.2 Å². The molecule has 0 bridgehead atoms. The van der Waals surface area contributed by atoms with E-state index in [1.807, 2.05) is 0 Å². The summed E-state index contributed by atoms with van der Waals surface area (Å²) in [6.45, 7) is 1.59. The number of nitro groups is 2. The Balaban J connectivity index is 2.64. The van der Waals surface area contributed by atoms with Crippen molar-refractivity contribution in [3.8, 4) is 5.69 Å². The van der Waals surface area contributed by atoms with Crippen LogP contribution in [0, 0.1) is 25.0 Å². The molecule has 2 aromatic carbocycles. The number of alkyl halides is 3. The highest BCUT2D eigenvalue weighted by molar-refractivity contribution is 7.71. The summed E-state index contributed by atoms with van der Waals surface area (Å²) in [5.74, 6) is 0. The summed E-state index contributed by atoms with van der Waals surface area (Å²) in [5.41, 5.74) is -5.20. The number of nitrogens with zero attached hydrogens (tertiary/aromatic N) is 4. The van der Waals surface area contributed by atoms with Gasteiger partial charge in [0.05, 0.1) is 26.3 Å². The zero-order chi connectivity index (χ0) is 22.4. The number of fused-ring (bicyclic) bond motifs is 1. The molecule has 0 radical (unpaired) electrons. The van der Waals surface area contributed by atoms with Gasteiger partial charge >= 0.3 is 17.6 Å². The summed E-state index contributed by atoms with van der Waals surface area (Å²) < 4.78 is 41.2. The molecule has 0 atom stereocenters. The Hall–Kier alpha value is -3.61. The monoisotopic (exact) mass is 440 g/mol. The van der Waals surface area contributed by atoms with Gasteiger partial charge in [-0.25, -0.2) is 0 Å². The molecule has 1 aromatic heterocycles. The van der Waals surface area contributed by atoms with Crippen molar-refractivity contribution in [1.29, 1.82) is 0 Å². The molecule has 0 N–H and O–H groups in total. The minimum atomic E-state index is -5.06. The van der Waals surface area contributed by atoms with Crippen LogP contribution in [0.3, 0.4) is 0 Å². The lowest BCUT2D eigenvalue weighted by Gasteiger charge is -2.16. The highest BCUT2D eigenvalue weighted by Gasteiger charge is 2.38. The molecule has 0 saturated carbocycles. The van der Waals surface area contributed by atoms with E-state index < -0.39 is 44.2 Å². The van der Waals surface area contributed by atoms with Crippen molar-refractivity contribution in [2.45, 2.75) is 19.6 Å². The zero-order valence-corrected chi connectivity index (χ0v) is 15.9. The predicted octanol–water partition coefficient (Wildman–Crippen LogP) is 4.38. The number of nitro benzene ring substituents is 2. The second-order valence-electron chi connectivity index (χ2n) is 6.06. The van der Waals surface area contributed by atoms with Gasteiger partial charge in [0.1, 0.15) is 0 Å². The average molecular weight is 440 g/mol. The maximum Gasteiger partial charge on any atom is 0.416 e. The number of aromatic nitrogens is 2. The molecule has 9 nitrogen and oxygen atoms in total. The fourth-order valence-electron chi connectivity index (χ4n) is 3.08. The van der Waals surface area contributed by atoms with Crippen LogP contribution in [0.4, 0.5) is 24.5 Å². The zero-order valence-electron chi connectivity index (χ0n) is 15.0. The molecule has 0 unspecified atom stereocenters. The lowest BCUT2D eigenvalue weighted by Crippen LogP contribution is -2.25. The quantitative estimate of drug-likeness (QED) is 0.338. The van der Waals surface area contributed by atoms with Crippen molar-refractivity contribution in [2.75, 3.05) is 0 Å². The number of rotatable bonds is 4. The Bertz CT molecular complexity index is 1290. The van der Waals surface area contributed by atoms with Crippen LogP contribution < -0.4 is 5.56 Å². The summed E-state index contributed by atoms with van der Waals surface area (Å²) >= 11 is 5.25. The highest BCUT2D eigenvalue weighted by Crippen LogP contribution is 2.40. The molecular weight excluding hydrogens is 429 g/mol. The predicted molar refractivity (Wildman–Crippen MR) is 102 cm³/mol. The first-order chi connectivity index (χ1) is 14.0. The first-order valence-corrected chi connectivity index (χ1v) is 8.68. The summed E-state index contributed by atoms with van der Waals surface area (Å²) in [4.78, 5) is 33.6. The molecule has 3 aromatic rings. The largest absolute Gasteiger partial charge is 0.416 e. The Kier molecular flexibility index (Phi) is 5.16. The SMILES string of the molecule is CCn1c(=O)c2ccccc2n(-c2c([N+](=O)[O-])cc(C(F)(F)F)cc2[N+](=O)[O-])c1=S. The van der Waals surface area contributed by atoms with Gasteiger partial charge < -0.3 is 0 Å². The maximum atomic E-state index is 13.2. The molecule has 0 saturated heterocycles. The minimum Gasteiger partial charge on any atom is -0.285 e. The Labute approximate surface area is 169 Å². The van der Waals surface area contributed by atoms with Crippen molar-refractivity contribution >= 4 is 34.5 Å². The molecule has 0 amide bonds. The summed E-state index contributed by atoms with van der Waals surface area (Å²) in [6, 6.07) is 6.12. The molecule has 156 valence electrons. The van der Waals surface area contributed by atoms with Gasteiger partial charge in [0.15, 0.2) is 4.77 Å². The highest BCUT2D eigenvalue weighted by atomic mass is 32.1. The molecule has 13 heteroatoms. The Morgan fingerprint density at radius 1 is 1.07 bits per heavy atom. The number of para-hydroxylation sites is 1. The van der Waals surface area contributed by atoms with E-state index in [0.717, 1.165) is 9.13 Å². The first-order valence-electron chi connectivity index (χ1n) is 8.28. The van der Waals surface area contributed by atoms with E-state index in [4.69, 9.17) is 12.2 Å². The van der Waals surface area contributed by atoms with Gasteiger partial charge in [-0.3, -0.25) is 34.2 Å². The van der Waals surface area contributed by atoms with Crippen molar-refractivity contribution in [2.24, 2.45) is 0 Å². The topological polar surface area (TPSA) is 113 Å².